The summed E-state index contributed by atoms with van der Waals surface area (Å²) in [5.41, 5.74) is 2.45. The van der Waals surface area contributed by atoms with Crippen molar-refractivity contribution in [3.05, 3.63) is 69.8 Å². The highest BCUT2D eigenvalue weighted by molar-refractivity contribution is 6.42. The zero-order chi connectivity index (χ0) is 20.4. The maximum Gasteiger partial charge on any atom is 0.253 e. The van der Waals surface area contributed by atoms with E-state index in [1.54, 1.807) is 17.0 Å². The molecule has 1 aromatic heterocycles. The van der Waals surface area contributed by atoms with Crippen molar-refractivity contribution in [3.8, 4) is 0 Å². The lowest BCUT2D eigenvalue weighted by molar-refractivity contribution is -0.126. The number of amides is 2. The third kappa shape index (κ3) is 4.41. The summed E-state index contributed by atoms with van der Waals surface area (Å²) in [4.78, 5) is 30.5. The van der Waals surface area contributed by atoms with Crippen molar-refractivity contribution in [1.29, 1.82) is 0 Å². The van der Waals surface area contributed by atoms with Crippen LogP contribution in [0.5, 0.6) is 0 Å². The zero-order valence-corrected chi connectivity index (χ0v) is 17.3. The molecule has 0 spiro atoms. The molecule has 0 bridgehead atoms. The number of likely N-dealkylation sites (tertiary alicyclic amines) is 1. The van der Waals surface area contributed by atoms with Crippen LogP contribution in [-0.2, 0) is 11.3 Å². The predicted molar refractivity (Wildman–Crippen MR) is 115 cm³/mol. The van der Waals surface area contributed by atoms with Crippen molar-refractivity contribution in [2.45, 2.75) is 19.4 Å². The van der Waals surface area contributed by atoms with E-state index >= 15 is 0 Å². The van der Waals surface area contributed by atoms with Crippen LogP contribution in [0.4, 0.5) is 0 Å². The van der Waals surface area contributed by atoms with E-state index < -0.39 is 0 Å². The maximum absolute atomic E-state index is 12.9. The fraction of sp³-hybridized carbons (Fsp3) is 0.273. The van der Waals surface area contributed by atoms with Crippen molar-refractivity contribution in [2.75, 3.05) is 13.1 Å². The molecule has 1 aliphatic rings. The van der Waals surface area contributed by atoms with Gasteiger partial charge in [-0.1, -0.05) is 35.3 Å². The average molecular weight is 430 g/mol. The topological polar surface area (TPSA) is 65.2 Å². The standard InChI is InChI=1S/C22H21Cl2N3O2/c23-18-6-3-14(10-19(18)24)12-26-21(28)17-2-1-9-27(13-17)22(29)16-5-4-15-7-8-25-20(15)11-16/h3-8,10-11,17,25H,1-2,9,12-13H2,(H,26,28)/t17-/m0/s1. The molecule has 150 valence electrons. The second-order valence-electron chi connectivity index (χ2n) is 7.34. The van der Waals surface area contributed by atoms with Crippen LogP contribution in [0.25, 0.3) is 10.9 Å². The molecule has 2 amide bonds. The smallest absolute Gasteiger partial charge is 0.253 e. The first-order valence-corrected chi connectivity index (χ1v) is 10.3. The molecule has 1 aliphatic heterocycles. The Morgan fingerprint density at radius 3 is 2.79 bits per heavy atom. The van der Waals surface area contributed by atoms with Gasteiger partial charge in [-0.25, -0.2) is 0 Å². The Kier molecular flexibility index (Phi) is 5.79. The molecule has 2 heterocycles. The van der Waals surface area contributed by atoms with Crippen LogP contribution in [0.2, 0.25) is 10.0 Å². The van der Waals surface area contributed by atoms with Gasteiger partial charge in [0.15, 0.2) is 0 Å². The van der Waals surface area contributed by atoms with E-state index in [1.165, 1.54) is 0 Å². The Bertz CT molecular complexity index is 1060. The van der Waals surface area contributed by atoms with E-state index in [-0.39, 0.29) is 17.7 Å². The van der Waals surface area contributed by atoms with Gasteiger partial charge in [0.05, 0.1) is 16.0 Å². The van der Waals surface area contributed by atoms with Crippen molar-refractivity contribution in [1.82, 2.24) is 15.2 Å². The van der Waals surface area contributed by atoms with Crippen LogP contribution in [0, 0.1) is 5.92 Å². The Hall–Kier alpha value is -2.50. The molecular weight excluding hydrogens is 409 g/mol. The molecule has 7 heteroatoms. The van der Waals surface area contributed by atoms with Crippen molar-refractivity contribution in [2.24, 2.45) is 5.92 Å². The fourth-order valence-electron chi connectivity index (χ4n) is 3.72. The number of hydrogen-bond acceptors (Lipinski definition) is 2. The molecule has 2 N–H and O–H groups in total. The Morgan fingerprint density at radius 1 is 1.10 bits per heavy atom. The van der Waals surface area contributed by atoms with Crippen LogP contribution in [0.15, 0.2) is 48.7 Å². The monoisotopic (exact) mass is 429 g/mol. The van der Waals surface area contributed by atoms with E-state index in [0.29, 0.717) is 35.2 Å². The number of hydrogen-bond donors (Lipinski definition) is 2. The van der Waals surface area contributed by atoms with Crippen LogP contribution in [0.1, 0.15) is 28.8 Å². The summed E-state index contributed by atoms with van der Waals surface area (Å²) >= 11 is 12.0. The quantitative estimate of drug-likeness (QED) is 0.633. The van der Waals surface area contributed by atoms with Gasteiger partial charge in [0.2, 0.25) is 5.91 Å². The number of fused-ring (bicyclic) bond motifs is 1. The number of aromatic amines is 1. The van der Waals surface area contributed by atoms with E-state index in [4.69, 9.17) is 23.2 Å². The van der Waals surface area contributed by atoms with E-state index in [9.17, 15) is 9.59 Å². The van der Waals surface area contributed by atoms with Crippen molar-refractivity contribution in [3.63, 3.8) is 0 Å². The molecule has 0 aliphatic carbocycles. The number of halogens is 2. The number of aromatic nitrogens is 1. The Morgan fingerprint density at radius 2 is 1.97 bits per heavy atom. The van der Waals surface area contributed by atoms with Gasteiger partial charge in [-0.2, -0.15) is 0 Å². The second kappa shape index (κ2) is 8.47. The summed E-state index contributed by atoms with van der Waals surface area (Å²) in [5.74, 6) is -0.304. The first-order valence-electron chi connectivity index (χ1n) is 9.59. The first kappa shape index (κ1) is 19.8. The molecule has 2 aromatic carbocycles. The number of carbonyl (C=O) groups excluding carboxylic acids is 2. The summed E-state index contributed by atoms with van der Waals surface area (Å²) in [5, 5.41) is 4.97. The Balaban J connectivity index is 1.38. The number of nitrogens with one attached hydrogen (secondary N) is 2. The van der Waals surface area contributed by atoms with Crippen LogP contribution in [-0.4, -0.2) is 34.8 Å². The first-order chi connectivity index (χ1) is 14.0. The van der Waals surface area contributed by atoms with Gasteiger partial charge in [0, 0.05) is 36.9 Å². The van der Waals surface area contributed by atoms with Crippen LogP contribution >= 0.6 is 23.2 Å². The normalized spacial score (nSPS) is 16.8. The molecule has 0 radical (unpaired) electrons. The molecule has 29 heavy (non-hydrogen) atoms. The average Bonchev–Trinajstić information content (AvgIpc) is 3.22. The third-order valence-electron chi connectivity index (χ3n) is 5.33. The zero-order valence-electron chi connectivity index (χ0n) is 15.8. The van der Waals surface area contributed by atoms with Gasteiger partial charge in [-0.15, -0.1) is 0 Å². The number of nitrogens with zero attached hydrogens (tertiary/aromatic N) is 1. The minimum Gasteiger partial charge on any atom is -0.361 e. The lowest BCUT2D eigenvalue weighted by Gasteiger charge is -2.32. The highest BCUT2D eigenvalue weighted by atomic mass is 35.5. The number of rotatable bonds is 4. The molecule has 1 saturated heterocycles. The summed E-state index contributed by atoms with van der Waals surface area (Å²) in [6.07, 6.45) is 3.43. The molecule has 0 saturated carbocycles. The predicted octanol–water partition coefficient (Wildman–Crippen LogP) is 4.64. The minimum atomic E-state index is -0.218. The summed E-state index contributed by atoms with van der Waals surface area (Å²) in [7, 11) is 0. The van der Waals surface area contributed by atoms with Gasteiger partial charge in [-0.05, 0) is 54.1 Å². The van der Waals surface area contributed by atoms with Gasteiger partial charge >= 0.3 is 0 Å². The van der Waals surface area contributed by atoms with Gasteiger partial charge in [0.1, 0.15) is 0 Å². The highest BCUT2D eigenvalue weighted by Gasteiger charge is 2.29. The van der Waals surface area contributed by atoms with Crippen molar-refractivity contribution < 1.29 is 9.59 Å². The molecule has 0 unspecified atom stereocenters. The molecule has 4 rings (SSSR count). The maximum atomic E-state index is 12.9. The van der Waals surface area contributed by atoms with E-state index in [1.807, 2.05) is 36.5 Å². The van der Waals surface area contributed by atoms with Gasteiger partial charge in [-0.3, -0.25) is 9.59 Å². The molecular formula is C22H21Cl2N3O2. The molecule has 5 nitrogen and oxygen atoms in total. The second-order valence-corrected chi connectivity index (χ2v) is 8.15. The molecule has 3 aromatic rings. The summed E-state index contributed by atoms with van der Waals surface area (Å²) in [6.45, 7) is 1.47. The lowest BCUT2D eigenvalue weighted by atomic mass is 9.96. The van der Waals surface area contributed by atoms with E-state index in [0.717, 1.165) is 29.3 Å². The lowest BCUT2D eigenvalue weighted by Crippen LogP contribution is -2.45. The highest BCUT2D eigenvalue weighted by Crippen LogP contribution is 2.23. The van der Waals surface area contributed by atoms with Crippen molar-refractivity contribution >= 4 is 45.9 Å². The SMILES string of the molecule is O=C(NCc1ccc(Cl)c(Cl)c1)[C@H]1CCCN(C(=O)c2ccc3cc[nH]c3c2)C1. The summed E-state index contributed by atoms with van der Waals surface area (Å²) in [6, 6.07) is 12.9. The number of benzene rings is 2. The minimum absolute atomic E-state index is 0.0384. The fourth-order valence-corrected chi connectivity index (χ4v) is 4.04. The Labute approximate surface area is 179 Å². The summed E-state index contributed by atoms with van der Waals surface area (Å²) < 4.78 is 0. The molecule has 1 atom stereocenters. The van der Waals surface area contributed by atoms with Gasteiger partial charge < -0.3 is 15.2 Å². The largest absolute Gasteiger partial charge is 0.361 e. The van der Waals surface area contributed by atoms with E-state index in [2.05, 4.69) is 10.3 Å². The number of piperidine rings is 1. The third-order valence-corrected chi connectivity index (χ3v) is 6.07. The number of H-pyrrole nitrogens is 1. The number of carbonyl (C=O) groups is 2. The van der Waals surface area contributed by atoms with Crippen LogP contribution in [0.3, 0.4) is 0 Å². The van der Waals surface area contributed by atoms with Crippen LogP contribution < -0.4 is 5.32 Å². The van der Waals surface area contributed by atoms with Gasteiger partial charge in [0.25, 0.3) is 5.91 Å². The molecule has 1 fully saturated rings.